The van der Waals surface area contributed by atoms with Gasteiger partial charge in [-0.3, -0.25) is 0 Å². The molecule has 0 aliphatic carbocycles. The van der Waals surface area contributed by atoms with E-state index in [0.29, 0.717) is 12.3 Å². The first-order valence-electron chi connectivity index (χ1n) is 5.08. The Labute approximate surface area is 113 Å². The van der Waals surface area contributed by atoms with Crippen molar-refractivity contribution in [1.82, 2.24) is 0 Å². The molecule has 0 heterocycles. The number of hydrogen-bond acceptors (Lipinski definition) is 2. The Balaban J connectivity index is 2.07. The van der Waals surface area contributed by atoms with Crippen molar-refractivity contribution in [2.75, 3.05) is 5.73 Å². The largest absolute Gasteiger partial charge is 0.488 e. The van der Waals surface area contributed by atoms with E-state index in [4.69, 9.17) is 22.1 Å². The number of nitrogen functional groups attached to an aromatic ring is 1. The van der Waals surface area contributed by atoms with Gasteiger partial charge in [0.25, 0.3) is 0 Å². The summed E-state index contributed by atoms with van der Waals surface area (Å²) >= 11 is 9.20. The number of benzene rings is 2. The van der Waals surface area contributed by atoms with E-state index in [2.05, 4.69) is 15.9 Å². The van der Waals surface area contributed by atoms with Gasteiger partial charge in [-0.15, -0.1) is 0 Å². The van der Waals surface area contributed by atoms with E-state index in [1.54, 1.807) is 0 Å². The smallest absolute Gasteiger partial charge is 0.136 e. The average Bonchev–Trinajstić information content (AvgIpc) is 2.33. The number of nitrogens with two attached hydrogens (primary N) is 1. The maximum absolute atomic E-state index is 5.81. The second-order valence-corrected chi connectivity index (χ2v) is 4.80. The Morgan fingerprint density at radius 3 is 2.53 bits per heavy atom. The first kappa shape index (κ1) is 12.3. The zero-order valence-electron chi connectivity index (χ0n) is 8.99. The summed E-state index contributed by atoms with van der Waals surface area (Å²) in [5.41, 5.74) is 7.49. The SMILES string of the molecule is Nc1cccc(OCc2ccc(Cl)cc2)c1Br. The maximum Gasteiger partial charge on any atom is 0.136 e. The van der Waals surface area contributed by atoms with Crippen LogP contribution in [0.5, 0.6) is 5.75 Å². The normalized spacial score (nSPS) is 10.2. The van der Waals surface area contributed by atoms with Gasteiger partial charge in [0.05, 0.1) is 4.47 Å². The summed E-state index contributed by atoms with van der Waals surface area (Å²) < 4.78 is 6.46. The number of ether oxygens (including phenoxy) is 1. The van der Waals surface area contributed by atoms with Crippen molar-refractivity contribution >= 4 is 33.2 Å². The van der Waals surface area contributed by atoms with Crippen molar-refractivity contribution in [3.63, 3.8) is 0 Å². The van der Waals surface area contributed by atoms with Crippen molar-refractivity contribution < 1.29 is 4.74 Å². The van der Waals surface area contributed by atoms with Crippen molar-refractivity contribution in [2.24, 2.45) is 0 Å². The molecular formula is C13H11BrClNO. The summed E-state index contributed by atoms with van der Waals surface area (Å²) in [4.78, 5) is 0. The van der Waals surface area contributed by atoms with Gasteiger partial charge < -0.3 is 10.5 Å². The zero-order valence-corrected chi connectivity index (χ0v) is 11.3. The average molecular weight is 313 g/mol. The fourth-order valence-corrected chi connectivity index (χ4v) is 1.89. The standard InChI is InChI=1S/C13H11BrClNO/c14-13-11(16)2-1-3-12(13)17-8-9-4-6-10(15)7-5-9/h1-7H,8,16H2. The minimum Gasteiger partial charge on any atom is -0.488 e. The second kappa shape index (κ2) is 5.43. The van der Waals surface area contributed by atoms with E-state index in [-0.39, 0.29) is 0 Å². The number of anilines is 1. The lowest BCUT2D eigenvalue weighted by molar-refractivity contribution is 0.304. The summed E-state index contributed by atoms with van der Waals surface area (Å²) in [6.45, 7) is 0.485. The van der Waals surface area contributed by atoms with Crippen LogP contribution in [0, 0.1) is 0 Å². The van der Waals surface area contributed by atoms with Gasteiger partial charge in [0.2, 0.25) is 0 Å². The first-order chi connectivity index (χ1) is 8.16. The minimum absolute atomic E-state index is 0.485. The molecule has 0 atom stereocenters. The monoisotopic (exact) mass is 311 g/mol. The Hall–Kier alpha value is -1.19. The molecule has 0 fully saturated rings. The molecule has 0 saturated heterocycles. The summed E-state index contributed by atoms with van der Waals surface area (Å²) in [5, 5.41) is 0.721. The third-order valence-electron chi connectivity index (χ3n) is 2.30. The van der Waals surface area contributed by atoms with E-state index in [9.17, 15) is 0 Å². The molecule has 4 heteroatoms. The van der Waals surface area contributed by atoms with Crippen molar-refractivity contribution in [3.05, 3.63) is 57.5 Å². The molecule has 0 unspecified atom stereocenters. The molecular weight excluding hydrogens is 302 g/mol. The molecule has 2 rings (SSSR count). The van der Waals surface area contributed by atoms with Crippen molar-refractivity contribution in [2.45, 2.75) is 6.61 Å². The molecule has 17 heavy (non-hydrogen) atoms. The van der Waals surface area contributed by atoms with E-state index in [1.165, 1.54) is 0 Å². The summed E-state index contributed by atoms with van der Waals surface area (Å²) in [6, 6.07) is 13.1. The molecule has 0 amide bonds. The summed E-state index contributed by atoms with van der Waals surface area (Å²) in [5.74, 6) is 0.736. The Bertz CT molecular complexity index is 513. The Kier molecular flexibility index (Phi) is 3.92. The highest BCUT2D eigenvalue weighted by atomic mass is 79.9. The number of rotatable bonds is 3. The molecule has 0 aromatic heterocycles. The van der Waals surface area contributed by atoms with Crippen LogP contribution in [0.4, 0.5) is 5.69 Å². The number of halogens is 2. The highest BCUT2D eigenvalue weighted by Gasteiger charge is 2.04. The number of hydrogen-bond donors (Lipinski definition) is 1. The molecule has 0 aliphatic rings. The Morgan fingerprint density at radius 1 is 1.12 bits per heavy atom. The van der Waals surface area contributed by atoms with E-state index >= 15 is 0 Å². The Morgan fingerprint density at radius 2 is 1.82 bits per heavy atom. The van der Waals surface area contributed by atoms with E-state index < -0.39 is 0 Å². The lowest BCUT2D eigenvalue weighted by Gasteiger charge is -2.09. The molecule has 2 N–H and O–H groups in total. The van der Waals surface area contributed by atoms with Crippen LogP contribution in [0.1, 0.15) is 5.56 Å². The van der Waals surface area contributed by atoms with Crippen molar-refractivity contribution in [1.29, 1.82) is 0 Å². The highest BCUT2D eigenvalue weighted by Crippen LogP contribution is 2.30. The van der Waals surface area contributed by atoms with Gasteiger partial charge in [-0.05, 0) is 45.8 Å². The summed E-state index contributed by atoms with van der Waals surface area (Å²) in [6.07, 6.45) is 0. The van der Waals surface area contributed by atoms with Crippen LogP contribution < -0.4 is 10.5 Å². The van der Waals surface area contributed by atoms with Crippen molar-refractivity contribution in [3.8, 4) is 5.75 Å². The first-order valence-corrected chi connectivity index (χ1v) is 6.25. The van der Waals surface area contributed by atoms with Crippen LogP contribution >= 0.6 is 27.5 Å². The van der Waals surface area contributed by atoms with Crippen LogP contribution in [0.3, 0.4) is 0 Å². The van der Waals surface area contributed by atoms with E-state index in [0.717, 1.165) is 20.8 Å². The van der Waals surface area contributed by atoms with Crippen LogP contribution in [-0.2, 0) is 6.61 Å². The minimum atomic E-state index is 0.485. The molecule has 0 bridgehead atoms. The molecule has 88 valence electrons. The van der Waals surface area contributed by atoms with Crippen LogP contribution in [0.25, 0.3) is 0 Å². The fourth-order valence-electron chi connectivity index (χ4n) is 1.38. The third-order valence-corrected chi connectivity index (χ3v) is 3.40. The maximum atomic E-state index is 5.81. The predicted octanol–water partition coefficient (Wildman–Crippen LogP) is 4.26. The second-order valence-electron chi connectivity index (χ2n) is 3.57. The van der Waals surface area contributed by atoms with Gasteiger partial charge in [0, 0.05) is 10.7 Å². The molecule has 0 spiro atoms. The molecule has 0 radical (unpaired) electrons. The third kappa shape index (κ3) is 3.14. The molecule has 2 nitrogen and oxygen atoms in total. The molecule has 0 saturated carbocycles. The van der Waals surface area contributed by atoms with Gasteiger partial charge in [-0.1, -0.05) is 29.8 Å². The molecule has 2 aromatic rings. The van der Waals surface area contributed by atoms with E-state index in [1.807, 2.05) is 42.5 Å². The zero-order chi connectivity index (χ0) is 12.3. The van der Waals surface area contributed by atoms with Gasteiger partial charge in [0.1, 0.15) is 12.4 Å². The fraction of sp³-hybridized carbons (Fsp3) is 0.0769. The van der Waals surface area contributed by atoms with Gasteiger partial charge in [-0.2, -0.15) is 0 Å². The van der Waals surface area contributed by atoms with Gasteiger partial charge in [0.15, 0.2) is 0 Å². The molecule has 2 aromatic carbocycles. The highest BCUT2D eigenvalue weighted by molar-refractivity contribution is 9.10. The van der Waals surface area contributed by atoms with Crippen LogP contribution in [-0.4, -0.2) is 0 Å². The van der Waals surface area contributed by atoms with Crippen LogP contribution in [0.2, 0.25) is 5.02 Å². The van der Waals surface area contributed by atoms with Crippen LogP contribution in [0.15, 0.2) is 46.9 Å². The molecule has 0 aliphatic heterocycles. The lowest BCUT2D eigenvalue weighted by Crippen LogP contribution is -1.97. The topological polar surface area (TPSA) is 35.2 Å². The van der Waals surface area contributed by atoms with Gasteiger partial charge in [-0.25, -0.2) is 0 Å². The predicted molar refractivity (Wildman–Crippen MR) is 74.3 cm³/mol. The lowest BCUT2D eigenvalue weighted by atomic mass is 10.2. The summed E-state index contributed by atoms with van der Waals surface area (Å²) in [7, 11) is 0. The quantitative estimate of drug-likeness (QED) is 0.859. The van der Waals surface area contributed by atoms with Gasteiger partial charge >= 0.3 is 0 Å².